The molecule has 0 atom stereocenters. The largest absolute Gasteiger partial charge is 0.454 e. The lowest BCUT2D eigenvalue weighted by Crippen LogP contribution is -2.47. The van der Waals surface area contributed by atoms with Gasteiger partial charge in [-0.25, -0.2) is 0 Å². The van der Waals surface area contributed by atoms with E-state index in [-0.39, 0.29) is 12.7 Å². The van der Waals surface area contributed by atoms with Crippen LogP contribution in [0.5, 0.6) is 11.5 Å². The third-order valence-corrected chi connectivity index (χ3v) is 4.70. The van der Waals surface area contributed by atoms with Crippen molar-refractivity contribution in [3.8, 4) is 11.5 Å². The highest BCUT2D eigenvalue weighted by molar-refractivity contribution is 5.93. The molecule has 7 heteroatoms. The number of fused-ring (bicyclic) bond motifs is 1. The molecule has 1 aromatic carbocycles. The molecule has 0 radical (unpaired) electrons. The molecule has 1 aromatic heterocycles. The minimum atomic E-state index is -0.00942. The van der Waals surface area contributed by atoms with E-state index in [1.54, 1.807) is 6.20 Å². The van der Waals surface area contributed by atoms with Crippen molar-refractivity contribution in [2.45, 2.75) is 6.54 Å². The Labute approximate surface area is 152 Å². The van der Waals surface area contributed by atoms with Crippen molar-refractivity contribution in [3.63, 3.8) is 0 Å². The number of amides is 1. The first-order valence-electron chi connectivity index (χ1n) is 8.75. The van der Waals surface area contributed by atoms with Crippen molar-refractivity contribution in [3.05, 3.63) is 47.8 Å². The van der Waals surface area contributed by atoms with Gasteiger partial charge in [0.25, 0.3) is 5.91 Å². The van der Waals surface area contributed by atoms with Crippen molar-refractivity contribution in [2.24, 2.45) is 0 Å². The predicted molar refractivity (Wildman–Crippen MR) is 97.5 cm³/mol. The maximum absolute atomic E-state index is 12.6. The standard InChI is InChI=1S/C19H22N4O3/c1-22-6-8-23(9-7-22)19(24)16-11-15(4-5-20-16)21-12-14-2-3-17-18(10-14)26-13-25-17/h2-5,10-11H,6-9,12-13H2,1H3,(H,20,21). The Kier molecular flexibility index (Phi) is 4.62. The number of piperazine rings is 1. The second kappa shape index (κ2) is 7.21. The lowest BCUT2D eigenvalue weighted by Gasteiger charge is -2.32. The summed E-state index contributed by atoms with van der Waals surface area (Å²) in [5, 5.41) is 3.34. The first-order chi connectivity index (χ1) is 12.7. The molecule has 1 fully saturated rings. The van der Waals surface area contributed by atoms with Gasteiger partial charge in [-0.15, -0.1) is 0 Å². The maximum Gasteiger partial charge on any atom is 0.272 e. The predicted octanol–water partition coefficient (Wildman–Crippen LogP) is 1.81. The van der Waals surface area contributed by atoms with Gasteiger partial charge in [-0.1, -0.05) is 6.07 Å². The van der Waals surface area contributed by atoms with E-state index in [0.717, 1.165) is 48.9 Å². The van der Waals surface area contributed by atoms with Gasteiger partial charge in [-0.3, -0.25) is 9.78 Å². The molecule has 0 bridgehead atoms. The Hall–Kier alpha value is -2.80. The molecule has 2 aromatic rings. The Balaban J connectivity index is 1.40. The number of anilines is 1. The summed E-state index contributed by atoms with van der Waals surface area (Å²) in [6.07, 6.45) is 1.67. The minimum Gasteiger partial charge on any atom is -0.454 e. The summed E-state index contributed by atoms with van der Waals surface area (Å²) < 4.78 is 10.7. The van der Waals surface area contributed by atoms with Crippen molar-refractivity contribution >= 4 is 11.6 Å². The SMILES string of the molecule is CN1CCN(C(=O)c2cc(NCc3ccc4c(c3)OCO4)ccn2)CC1. The summed E-state index contributed by atoms with van der Waals surface area (Å²) in [7, 11) is 2.07. The molecule has 0 saturated carbocycles. The van der Waals surface area contributed by atoms with Crippen LogP contribution in [-0.4, -0.2) is 60.7 Å². The van der Waals surface area contributed by atoms with Crippen molar-refractivity contribution < 1.29 is 14.3 Å². The fourth-order valence-electron chi connectivity index (χ4n) is 3.08. The molecule has 26 heavy (non-hydrogen) atoms. The number of hydrogen-bond acceptors (Lipinski definition) is 6. The number of nitrogens with zero attached hydrogens (tertiary/aromatic N) is 3. The summed E-state index contributed by atoms with van der Waals surface area (Å²) in [6, 6.07) is 9.56. The third-order valence-electron chi connectivity index (χ3n) is 4.70. The summed E-state index contributed by atoms with van der Waals surface area (Å²) >= 11 is 0. The van der Waals surface area contributed by atoms with E-state index in [1.807, 2.05) is 35.2 Å². The fourth-order valence-corrected chi connectivity index (χ4v) is 3.08. The molecule has 1 amide bonds. The fraction of sp³-hybridized carbons (Fsp3) is 0.368. The van der Waals surface area contributed by atoms with E-state index in [9.17, 15) is 4.79 Å². The number of carbonyl (C=O) groups is 1. The van der Waals surface area contributed by atoms with Crippen molar-refractivity contribution in [2.75, 3.05) is 45.3 Å². The maximum atomic E-state index is 12.6. The highest BCUT2D eigenvalue weighted by Crippen LogP contribution is 2.32. The molecule has 2 aliphatic heterocycles. The molecule has 3 heterocycles. The van der Waals surface area contributed by atoms with Crippen LogP contribution in [0.1, 0.15) is 16.1 Å². The smallest absolute Gasteiger partial charge is 0.272 e. The first kappa shape index (κ1) is 16.7. The normalized spacial score (nSPS) is 16.6. The summed E-state index contributed by atoms with van der Waals surface area (Å²) in [6.45, 7) is 4.18. The number of nitrogens with one attached hydrogen (secondary N) is 1. The van der Waals surface area contributed by atoms with Crippen LogP contribution in [0.4, 0.5) is 5.69 Å². The highest BCUT2D eigenvalue weighted by Gasteiger charge is 2.21. The summed E-state index contributed by atoms with van der Waals surface area (Å²) in [4.78, 5) is 21.0. The number of rotatable bonds is 4. The van der Waals surface area contributed by atoms with Crippen LogP contribution >= 0.6 is 0 Å². The highest BCUT2D eigenvalue weighted by atomic mass is 16.7. The lowest BCUT2D eigenvalue weighted by molar-refractivity contribution is 0.0658. The van der Waals surface area contributed by atoms with Crippen LogP contribution < -0.4 is 14.8 Å². The topological polar surface area (TPSA) is 66.9 Å². The van der Waals surface area contributed by atoms with Crippen LogP contribution in [0.25, 0.3) is 0 Å². The van der Waals surface area contributed by atoms with Crippen LogP contribution in [0, 0.1) is 0 Å². The number of carbonyl (C=O) groups excluding carboxylic acids is 1. The Morgan fingerprint density at radius 1 is 1.12 bits per heavy atom. The van der Waals surface area contributed by atoms with Gasteiger partial charge in [-0.2, -0.15) is 0 Å². The molecular weight excluding hydrogens is 332 g/mol. The number of likely N-dealkylation sites (N-methyl/N-ethyl adjacent to an activating group) is 1. The van der Waals surface area contributed by atoms with Gasteiger partial charge in [-0.05, 0) is 36.9 Å². The molecule has 4 rings (SSSR count). The van der Waals surface area contributed by atoms with Gasteiger partial charge in [0.2, 0.25) is 6.79 Å². The molecule has 7 nitrogen and oxygen atoms in total. The van der Waals surface area contributed by atoms with E-state index < -0.39 is 0 Å². The Morgan fingerprint density at radius 2 is 1.92 bits per heavy atom. The monoisotopic (exact) mass is 354 g/mol. The number of hydrogen-bond donors (Lipinski definition) is 1. The molecule has 1 N–H and O–H groups in total. The third kappa shape index (κ3) is 3.57. The van der Waals surface area contributed by atoms with Gasteiger partial charge in [0.1, 0.15) is 5.69 Å². The zero-order chi connectivity index (χ0) is 17.9. The Bertz CT molecular complexity index is 803. The van der Waals surface area contributed by atoms with Gasteiger partial charge in [0.15, 0.2) is 11.5 Å². The minimum absolute atomic E-state index is 0.00942. The van der Waals surface area contributed by atoms with Crippen LogP contribution in [0.15, 0.2) is 36.5 Å². The van der Waals surface area contributed by atoms with Gasteiger partial charge in [0.05, 0.1) is 0 Å². The number of pyridine rings is 1. The quantitative estimate of drug-likeness (QED) is 0.903. The number of aromatic nitrogens is 1. The molecule has 0 spiro atoms. The van der Waals surface area contributed by atoms with E-state index in [1.165, 1.54) is 0 Å². The molecule has 0 unspecified atom stereocenters. The molecule has 0 aliphatic carbocycles. The van der Waals surface area contributed by atoms with Gasteiger partial charge < -0.3 is 24.6 Å². The van der Waals surface area contributed by atoms with Crippen molar-refractivity contribution in [1.29, 1.82) is 0 Å². The zero-order valence-corrected chi connectivity index (χ0v) is 14.8. The molecule has 1 saturated heterocycles. The molecular formula is C19H22N4O3. The van der Waals surface area contributed by atoms with Gasteiger partial charge >= 0.3 is 0 Å². The molecule has 136 valence electrons. The van der Waals surface area contributed by atoms with E-state index in [2.05, 4.69) is 22.2 Å². The van der Waals surface area contributed by atoms with Crippen molar-refractivity contribution in [1.82, 2.24) is 14.8 Å². The zero-order valence-electron chi connectivity index (χ0n) is 14.8. The van der Waals surface area contributed by atoms with E-state index >= 15 is 0 Å². The van der Waals surface area contributed by atoms with Crippen LogP contribution in [0.3, 0.4) is 0 Å². The average Bonchev–Trinajstić information content (AvgIpc) is 3.14. The van der Waals surface area contributed by atoms with E-state index in [0.29, 0.717) is 12.2 Å². The summed E-state index contributed by atoms with van der Waals surface area (Å²) in [5.41, 5.74) is 2.43. The average molecular weight is 354 g/mol. The first-order valence-corrected chi connectivity index (χ1v) is 8.75. The van der Waals surface area contributed by atoms with Crippen LogP contribution in [-0.2, 0) is 6.54 Å². The lowest BCUT2D eigenvalue weighted by atomic mass is 10.2. The number of ether oxygens (including phenoxy) is 2. The molecule has 2 aliphatic rings. The van der Waals surface area contributed by atoms with E-state index in [4.69, 9.17) is 9.47 Å². The second-order valence-electron chi connectivity index (χ2n) is 6.57. The second-order valence-corrected chi connectivity index (χ2v) is 6.57. The number of benzene rings is 1. The summed E-state index contributed by atoms with van der Waals surface area (Å²) in [5.74, 6) is 1.53. The Morgan fingerprint density at radius 3 is 2.77 bits per heavy atom. The van der Waals surface area contributed by atoms with Crippen LogP contribution in [0.2, 0.25) is 0 Å². The van der Waals surface area contributed by atoms with Gasteiger partial charge in [0, 0.05) is 44.6 Å².